The van der Waals surface area contributed by atoms with Crippen LogP contribution in [0.3, 0.4) is 0 Å². The highest BCUT2D eigenvalue weighted by molar-refractivity contribution is 5.98. The molecule has 1 unspecified atom stereocenters. The Balaban J connectivity index is 1.32. The molecular weight excluding hydrogens is 366 g/mol. The fourth-order valence-electron chi connectivity index (χ4n) is 3.75. The number of methoxy groups -OCH3 is 1. The van der Waals surface area contributed by atoms with E-state index in [0.717, 1.165) is 30.4 Å². The first-order valence-corrected chi connectivity index (χ1v) is 9.82. The van der Waals surface area contributed by atoms with Crippen LogP contribution in [-0.2, 0) is 13.0 Å². The molecule has 150 valence electrons. The summed E-state index contributed by atoms with van der Waals surface area (Å²) in [7, 11) is 1.57. The number of hydrogen-bond donors (Lipinski definition) is 2. The summed E-state index contributed by atoms with van der Waals surface area (Å²) in [6.07, 6.45) is 0.376. The number of pyridine rings is 1. The van der Waals surface area contributed by atoms with Crippen LogP contribution in [0.25, 0.3) is 10.9 Å². The smallest absolute Gasteiger partial charge is 0.251 e. The van der Waals surface area contributed by atoms with Gasteiger partial charge in [-0.05, 0) is 41.8 Å². The maximum absolute atomic E-state index is 12.5. The molecule has 1 amide bonds. The van der Waals surface area contributed by atoms with Gasteiger partial charge in [0.25, 0.3) is 5.91 Å². The zero-order valence-electron chi connectivity index (χ0n) is 16.5. The van der Waals surface area contributed by atoms with Crippen LogP contribution in [0.2, 0.25) is 0 Å². The summed E-state index contributed by atoms with van der Waals surface area (Å²) in [6.45, 7) is 2.51. The van der Waals surface area contributed by atoms with Gasteiger partial charge >= 0.3 is 0 Å². The predicted octanol–water partition coefficient (Wildman–Crippen LogP) is 2.39. The molecule has 2 heterocycles. The summed E-state index contributed by atoms with van der Waals surface area (Å²) in [6, 6.07) is 17.4. The number of hydrogen-bond acceptors (Lipinski definition) is 5. The second-order valence-corrected chi connectivity index (χ2v) is 7.38. The summed E-state index contributed by atoms with van der Waals surface area (Å²) in [5.41, 5.74) is 4.02. The lowest BCUT2D eigenvalue weighted by molar-refractivity contribution is 0.0842. The van der Waals surface area contributed by atoms with E-state index < -0.39 is 6.10 Å². The first-order valence-electron chi connectivity index (χ1n) is 9.82. The van der Waals surface area contributed by atoms with E-state index in [1.54, 1.807) is 31.4 Å². The van der Waals surface area contributed by atoms with Crippen molar-refractivity contribution >= 4 is 16.8 Å². The van der Waals surface area contributed by atoms with Crippen LogP contribution in [0.1, 0.15) is 21.5 Å². The Morgan fingerprint density at radius 3 is 2.86 bits per heavy atom. The number of aliphatic hydroxyl groups excluding tert-OH is 1. The lowest BCUT2D eigenvalue weighted by Crippen LogP contribution is -2.42. The van der Waals surface area contributed by atoms with Gasteiger partial charge in [-0.3, -0.25) is 9.69 Å². The molecule has 0 radical (unpaired) electrons. The molecule has 1 atom stereocenters. The molecule has 0 bridgehead atoms. The number of aliphatic hydroxyl groups is 1. The summed E-state index contributed by atoms with van der Waals surface area (Å²) in [5, 5.41) is 14.1. The van der Waals surface area contributed by atoms with Crippen molar-refractivity contribution in [3.05, 3.63) is 71.3 Å². The Labute approximate surface area is 170 Å². The van der Waals surface area contributed by atoms with Gasteiger partial charge < -0.3 is 15.2 Å². The predicted molar refractivity (Wildman–Crippen MR) is 112 cm³/mol. The number of amides is 1. The van der Waals surface area contributed by atoms with Gasteiger partial charge in [0.05, 0.1) is 18.7 Å². The Morgan fingerprint density at radius 1 is 1.21 bits per heavy atom. The molecule has 3 aromatic rings. The van der Waals surface area contributed by atoms with E-state index in [9.17, 15) is 9.90 Å². The van der Waals surface area contributed by atoms with Crippen LogP contribution in [0.15, 0.2) is 54.6 Å². The molecule has 1 aromatic heterocycles. The van der Waals surface area contributed by atoms with Crippen molar-refractivity contribution in [2.24, 2.45) is 0 Å². The van der Waals surface area contributed by atoms with E-state index in [2.05, 4.69) is 33.4 Å². The van der Waals surface area contributed by atoms with E-state index in [0.29, 0.717) is 18.0 Å². The largest absolute Gasteiger partial charge is 0.481 e. The van der Waals surface area contributed by atoms with Gasteiger partial charge in [0.1, 0.15) is 0 Å². The lowest BCUT2D eigenvalue weighted by Gasteiger charge is -2.30. The number of benzene rings is 2. The molecule has 6 heteroatoms. The molecule has 0 saturated carbocycles. The molecule has 4 rings (SSSR count). The molecule has 0 aliphatic carbocycles. The molecule has 0 saturated heterocycles. The Hall–Kier alpha value is -2.96. The Kier molecular flexibility index (Phi) is 5.74. The summed E-state index contributed by atoms with van der Waals surface area (Å²) < 4.78 is 5.12. The van der Waals surface area contributed by atoms with Crippen molar-refractivity contribution < 1.29 is 14.6 Å². The maximum Gasteiger partial charge on any atom is 0.251 e. The summed E-state index contributed by atoms with van der Waals surface area (Å²) >= 11 is 0. The number of rotatable bonds is 6. The minimum atomic E-state index is -0.615. The fourth-order valence-corrected chi connectivity index (χ4v) is 3.75. The average Bonchev–Trinajstić information content (AvgIpc) is 2.76. The first kappa shape index (κ1) is 19.4. The van der Waals surface area contributed by atoms with Gasteiger partial charge in [0.2, 0.25) is 5.88 Å². The van der Waals surface area contributed by atoms with Gasteiger partial charge in [-0.1, -0.05) is 24.3 Å². The number of ether oxygens (including phenoxy) is 1. The molecule has 6 nitrogen and oxygen atoms in total. The van der Waals surface area contributed by atoms with Gasteiger partial charge in [-0.2, -0.15) is 0 Å². The van der Waals surface area contributed by atoms with E-state index in [1.807, 2.05) is 12.1 Å². The van der Waals surface area contributed by atoms with Crippen molar-refractivity contribution in [2.75, 3.05) is 26.7 Å². The van der Waals surface area contributed by atoms with Crippen LogP contribution in [0, 0.1) is 0 Å². The second-order valence-electron chi connectivity index (χ2n) is 7.38. The van der Waals surface area contributed by atoms with Gasteiger partial charge in [-0.25, -0.2) is 4.98 Å². The summed E-state index contributed by atoms with van der Waals surface area (Å²) in [5.74, 6) is 0.337. The number of aromatic nitrogens is 1. The molecular formula is C23H25N3O3. The standard InChI is InChI=1S/C23H25N3O3/c1-29-22-9-7-17-12-18(6-8-21(17)25-22)23(28)24-13-20(27)15-26-11-10-16-4-2-3-5-19(16)14-26/h2-9,12,20,27H,10-11,13-15H2,1H3,(H,24,28). The molecule has 29 heavy (non-hydrogen) atoms. The van der Waals surface area contributed by atoms with Gasteiger partial charge in [0, 0.05) is 43.2 Å². The molecule has 0 fully saturated rings. The number of β-amino-alcohol motifs (C(OH)–C–C–N with tert-alkyl or cyclic N) is 1. The zero-order chi connectivity index (χ0) is 20.2. The fraction of sp³-hybridized carbons (Fsp3) is 0.304. The van der Waals surface area contributed by atoms with Crippen molar-refractivity contribution in [1.82, 2.24) is 15.2 Å². The number of fused-ring (bicyclic) bond motifs is 2. The number of carbonyl (C=O) groups is 1. The van der Waals surface area contributed by atoms with E-state index in [-0.39, 0.29) is 12.5 Å². The minimum Gasteiger partial charge on any atom is -0.481 e. The van der Waals surface area contributed by atoms with Crippen LogP contribution < -0.4 is 10.1 Å². The lowest BCUT2D eigenvalue weighted by atomic mass is 10.00. The van der Waals surface area contributed by atoms with E-state index in [4.69, 9.17) is 4.74 Å². The van der Waals surface area contributed by atoms with Crippen LogP contribution in [0.5, 0.6) is 5.88 Å². The molecule has 0 spiro atoms. The SMILES string of the molecule is COc1ccc2cc(C(=O)NCC(O)CN3CCc4ccccc4C3)ccc2n1. The molecule has 2 aromatic carbocycles. The third-order valence-corrected chi connectivity index (χ3v) is 5.31. The minimum absolute atomic E-state index is 0.203. The highest BCUT2D eigenvalue weighted by Crippen LogP contribution is 2.19. The van der Waals surface area contributed by atoms with Crippen molar-refractivity contribution in [1.29, 1.82) is 0 Å². The average molecular weight is 391 g/mol. The van der Waals surface area contributed by atoms with Crippen molar-refractivity contribution in [2.45, 2.75) is 19.1 Å². The summed E-state index contributed by atoms with van der Waals surface area (Å²) in [4.78, 5) is 19.1. The normalized spacial score (nSPS) is 15.0. The van der Waals surface area contributed by atoms with Crippen LogP contribution in [0.4, 0.5) is 0 Å². The third kappa shape index (κ3) is 4.55. The topological polar surface area (TPSA) is 74.7 Å². The number of nitrogens with zero attached hydrogens (tertiary/aromatic N) is 2. The zero-order valence-corrected chi connectivity index (χ0v) is 16.5. The second kappa shape index (κ2) is 8.59. The van der Waals surface area contributed by atoms with Gasteiger partial charge in [-0.15, -0.1) is 0 Å². The third-order valence-electron chi connectivity index (χ3n) is 5.31. The molecule has 1 aliphatic rings. The Bertz CT molecular complexity index is 1020. The van der Waals surface area contributed by atoms with Crippen molar-refractivity contribution in [3.63, 3.8) is 0 Å². The Morgan fingerprint density at radius 2 is 2.03 bits per heavy atom. The monoisotopic (exact) mass is 391 g/mol. The van der Waals surface area contributed by atoms with Crippen LogP contribution >= 0.6 is 0 Å². The quantitative estimate of drug-likeness (QED) is 0.675. The van der Waals surface area contributed by atoms with Gasteiger partial charge in [0.15, 0.2) is 0 Å². The van der Waals surface area contributed by atoms with Crippen molar-refractivity contribution in [3.8, 4) is 5.88 Å². The highest BCUT2D eigenvalue weighted by atomic mass is 16.5. The van der Waals surface area contributed by atoms with E-state index in [1.165, 1.54) is 11.1 Å². The first-order chi connectivity index (χ1) is 14.1. The maximum atomic E-state index is 12.5. The number of carbonyl (C=O) groups excluding carboxylic acids is 1. The number of nitrogens with one attached hydrogen (secondary N) is 1. The molecule has 1 aliphatic heterocycles. The highest BCUT2D eigenvalue weighted by Gasteiger charge is 2.19. The van der Waals surface area contributed by atoms with Crippen LogP contribution in [-0.4, -0.2) is 53.7 Å². The van der Waals surface area contributed by atoms with E-state index >= 15 is 0 Å². The molecule has 2 N–H and O–H groups in total.